The average molecular weight is 765 g/mol. The largest absolute Gasteiger partial charge is 0.309 e. The van der Waals surface area contributed by atoms with Crippen LogP contribution in [0.2, 0.25) is 0 Å². The van der Waals surface area contributed by atoms with Gasteiger partial charge in [-0.1, -0.05) is 158 Å². The van der Waals surface area contributed by atoms with E-state index in [0.717, 1.165) is 78.2 Å². The van der Waals surface area contributed by atoms with Gasteiger partial charge in [-0.05, 0) is 82.9 Å². The number of hydrogen-bond donors (Lipinski definition) is 0. The molecule has 280 valence electrons. The maximum Gasteiger partial charge on any atom is 0.138 e. The number of rotatable bonds is 6. The summed E-state index contributed by atoms with van der Waals surface area (Å²) < 4.78 is 4.69. The van der Waals surface area contributed by atoms with Crippen LogP contribution in [0.1, 0.15) is 0 Å². The Bertz CT molecular complexity index is 3420. The number of nitrogens with zero attached hydrogens (tertiary/aromatic N) is 4. The predicted molar refractivity (Wildman–Crippen MR) is 250 cm³/mol. The van der Waals surface area contributed by atoms with Gasteiger partial charge in [-0.25, -0.2) is 9.97 Å². The van der Waals surface area contributed by atoms with Gasteiger partial charge in [-0.15, -0.1) is 0 Å². The van der Waals surface area contributed by atoms with Crippen molar-refractivity contribution in [2.75, 3.05) is 0 Å². The first-order valence-electron chi connectivity index (χ1n) is 20.4. The molecule has 0 radical (unpaired) electrons. The Hall–Kier alpha value is -8.08. The average Bonchev–Trinajstić information content (AvgIpc) is 3.85. The van der Waals surface area contributed by atoms with Gasteiger partial charge < -0.3 is 4.57 Å². The molecule has 4 aromatic heterocycles. The van der Waals surface area contributed by atoms with Crippen LogP contribution < -0.4 is 0 Å². The normalized spacial score (nSPS) is 11.7. The zero-order valence-electron chi connectivity index (χ0n) is 32.6. The first-order chi connectivity index (χ1) is 29.7. The van der Waals surface area contributed by atoms with Gasteiger partial charge in [0.25, 0.3) is 0 Å². The Labute approximate surface area is 346 Å². The van der Waals surface area contributed by atoms with Crippen LogP contribution in [0.25, 0.3) is 111 Å². The smallest absolute Gasteiger partial charge is 0.138 e. The molecule has 0 bridgehead atoms. The van der Waals surface area contributed by atoms with E-state index in [0.29, 0.717) is 0 Å². The molecule has 0 aliphatic carbocycles. The Morgan fingerprint density at radius 1 is 0.283 bits per heavy atom. The fraction of sp³-hybridized carbons (Fsp3) is 0. The molecule has 0 saturated heterocycles. The van der Waals surface area contributed by atoms with Crippen molar-refractivity contribution >= 4 is 54.5 Å². The third-order valence-electron chi connectivity index (χ3n) is 11.9. The van der Waals surface area contributed by atoms with E-state index in [-0.39, 0.29) is 0 Å². The van der Waals surface area contributed by atoms with Crippen LogP contribution in [0.15, 0.2) is 218 Å². The Morgan fingerprint density at radius 2 is 0.733 bits per heavy atom. The van der Waals surface area contributed by atoms with E-state index in [9.17, 15) is 0 Å². The second-order valence-electron chi connectivity index (χ2n) is 15.4. The zero-order chi connectivity index (χ0) is 39.6. The summed E-state index contributed by atoms with van der Waals surface area (Å²) in [5, 5.41) is 5.99. The standard InChI is InChI=1S/C56H36N4/c1-3-15-37(16-4-1)41-33-50(39-17-5-2-6-18-39)57-51(34-41)40-29-27-38(28-30-40)47-36-56(60-54-25-13-9-21-45(54)46-22-10-14-26-55(46)60)58-49-32-31-42(35-48(47)49)59-52-23-11-7-19-43(52)44-20-8-12-24-53(44)59/h1-36H. The molecule has 8 aromatic carbocycles. The molecule has 0 N–H and O–H groups in total. The van der Waals surface area contributed by atoms with E-state index in [2.05, 4.69) is 221 Å². The summed E-state index contributed by atoms with van der Waals surface area (Å²) in [6, 6.07) is 77.9. The van der Waals surface area contributed by atoms with Crippen molar-refractivity contribution in [3.05, 3.63) is 218 Å². The van der Waals surface area contributed by atoms with Gasteiger partial charge in [0.2, 0.25) is 0 Å². The third kappa shape index (κ3) is 5.53. The van der Waals surface area contributed by atoms with E-state index >= 15 is 0 Å². The van der Waals surface area contributed by atoms with Crippen LogP contribution in [-0.4, -0.2) is 19.1 Å². The van der Waals surface area contributed by atoms with Crippen LogP contribution in [0, 0.1) is 0 Å². The first kappa shape index (κ1) is 34.0. The zero-order valence-corrected chi connectivity index (χ0v) is 32.6. The van der Waals surface area contributed by atoms with Crippen LogP contribution in [-0.2, 0) is 0 Å². The van der Waals surface area contributed by atoms with Crippen molar-refractivity contribution < 1.29 is 0 Å². The van der Waals surface area contributed by atoms with E-state index < -0.39 is 0 Å². The molecule has 4 nitrogen and oxygen atoms in total. The van der Waals surface area contributed by atoms with Crippen molar-refractivity contribution in [2.45, 2.75) is 0 Å². The minimum Gasteiger partial charge on any atom is -0.309 e. The van der Waals surface area contributed by atoms with Crippen molar-refractivity contribution in [3.8, 4) is 56.3 Å². The molecule has 0 unspecified atom stereocenters. The molecule has 0 spiro atoms. The monoisotopic (exact) mass is 764 g/mol. The summed E-state index contributed by atoms with van der Waals surface area (Å²) in [6.45, 7) is 0. The molecule has 0 saturated carbocycles. The van der Waals surface area contributed by atoms with E-state index in [1.807, 2.05) is 6.07 Å². The second-order valence-corrected chi connectivity index (χ2v) is 15.4. The van der Waals surface area contributed by atoms with Crippen molar-refractivity contribution in [3.63, 3.8) is 0 Å². The van der Waals surface area contributed by atoms with Gasteiger partial charge >= 0.3 is 0 Å². The molecule has 12 aromatic rings. The lowest BCUT2D eigenvalue weighted by molar-refractivity contribution is 1.10. The third-order valence-corrected chi connectivity index (χ3v) is 11.9. The lowest BCUT2D eigenvalue weighted by Crippen LogP contribution is -2.00. The lowest BCUT2D eigenvalue weighted by Gasteiger charge is -2.15. The molecule has 0 aliphatic rings. The summed E-state index contributed by atoms with van der Waals surface area (Å²) in [5.41, 5.74) is 15.2. The number of pyridine rings is 2. The summed E-state index contributed by atoms with van der Waals surface area (Å²) in [5.74, 6) is 0.883. The van der Waals surface area contributed by atoms with Crippen LogP contribution in [0.3, 0.4) is 0 Å². The molecule has 0 amide bonds. The highest BCUT2D eigenvalue weighted by atomic mass is 15.1. The Kier molecular flexibility index (Phi) is 7.82. The number of fused-ring (bicyclic) bond motifs is 7. The van der Waals surface area contributed by atoms with Crippen LogP contribution >= 0.6 is 0 Å². The topological polar surface area (TPSA) is 35.6 Å². The van der Waals surface area contributed by atoms with Crippen molar-refractivity contribution in [2.24, 2.45) is 0 Å². The van der Waals surface area contributed by atoms with Crippen LogP contribution in [0.5, 0.6) is 0 Å². The summed E-state index contributed by atoms with van der Waals surface area (Å²) in [6.07, 6.45) is 0. The minimum atomic E-state index is 0.883. The van der Waals surface area contributed by atoms with Gasteiger partial charge in [0.1, 0.15) is 5.82 Å². The number of aromatic nitrogens is 4. The number of hydrogen-bond acceptors (Lipinski definition) is 2. The minimum absolute atomic E-state index is 0.883. The molecule has 60 heavy (non-hydrogen) atoms. The highest BCUT2D eigenvalue weighted by molar-refractivity contribution is 6.11. The molecule has 0 fully saturated rings. The van der Waals surface area contributed by atoms with Crippen molar-refractivity contribution in [1.29, 1.82) is 0 Å². The predicted octanol–water partition coefficient (Wildman–Crippen LogP) is 14.5. The SMILES string of the molecule is c1ccc(-c2cc(-c3ccccc3)nc(-c3ccc(-c4cc(-n5c6ccccc6c6ccccc65)nc5ccc(-n6c7ccccc7c7ccccc76)cc45)cc3)c2)cc1. The first-order valence-corrected chi connectivity index (χ1v) is 20.4. The summed E-state index contributed by atoms with van der Waals surface area (Å²) in [4.78, 5) is 10.7. The molecule has 4 heterocycles. The van der Waals surface area contributed by atoms with Gasteiger partial charge in [0.05, 0.1) is 39.0 Å². The molecule has 0 atom stereocenters. The molecule has 0 aliphatic heterocycles. The number of benzene rings is 8. The summed E-state index contributed by atoms with van der Waals surface area (Å²) in [7, 11) is 0. The van der Waals surface area contributed by atoms with E-state index in [1.54, 1.807) is 0 Å². The van der Waals surface area contributed by atoms with Gasteiger partial charge in [0, 0.05) is 43.7 Å². The summed E-state index contributed by atoms with van der Waals surface area (Å²) >= 11 is 0. The lowest BCUT2D eigenvalue weighted by atomic mass is 9.97. The van der Waals surface area contributed by atoms with Gasteiger partial charge in [-0.3, -0.25) is 4.57 Å². The number of para-hydroxylation sites is 4. The maximum atomic E-state index is 5.44. The van der Waals surface area contributed by atoms with Crippen molar-refractivity contribution in [1.82, 2.24) is 19.1 Å². The Morgan fingerprint density at radius 3 is 1.28 bits per heavy atom. The fourth-order valence-corrected chi connectivity index (χ4v) is 9.12. The quantitative estimate of drug-likeness (QED) is 0.169. The molecular weight excluding hydrogens is 729 g/mol. The highest BCUT2D eigenvalue weighted by Crippen LogP contribution is 2.39. The van der Waals surface area contributed by atoms with Crippen LogP contribution in [0.4, 0.5) is 0 Å². The Balaban J connectivity index is 1.07. The highest BCUT2D eigenvalue weighted by Gasteiger charge is 2.18. The van der Waals surface area contributed by atoms with E-state index in [1.165, 1.54) is 32.6 Å². The molecule has 12 rings (SSSR count). The maximum absolute atomic E-state index is 5.44. The van der Waals surface area contributed by atoms with E-state index in [4.69, 9.17) is 9.97 Å². The van der Waals surface area contributed by atoms with Gasteiger partial charge in [0.15, 0.2) is 0 Å². The fourth-order valence-electron chi connectivity index (χ4n) is 9.12. The second kappa shape index (κ2) is 13.8. The van der Waals surface area contributed by atoms with Gasteiger partial charge in [-0.2, -0.15) is 0 Å². The molecular formula is C56H36N4. The molecule has 4 heteroatoms.